The lowest BCUT2D eigenvalue weighted by atomic mass is 10.1. The van der Waals surface area contributed by atoms with Crippen molar-refractivity contribution in [3.63, 3.8) is 0 Å². The Morgan fingerprint density at radius 2 is 1.90 bits per heavy atom. The summed E-state index contributed by atoms with van der Waals surface area (Å²) >= 11 is 0. The van der Waals surface area contributed by atoms with Gasteiger partial charge < -0.3 is 10.1 Å². The number of rotatable bonds is 5. The normalized spacial score (nSPS) is 10.2. The maximum atomic E-state index is 14.0. The Morgan fingerprint density at radius 3 is 2.62 bits per heavy atom. The number of hydrogen-bond acceptors (Lipinski definition) is 3. The molecule has 0 amide bonds. The summed E-state index contributed by atoms with van der Waals surface area (Å²) in [7, 11) is 1.86. The fourth-order valence-electron chi connectivity index (χ4n) is 2.18. The van der Waals surface area contributed by atoms with Crippen molar-refractivity contribution in [2.75, 3.05) is 7.05 Å². The number of halogens is 1. The van der Waals surface area contributed by atoms with Gasteiger partial charge in [0.15, 0.2) is 0 Å². The molecule has 0 radical (unpaired) electrons. The predicted octanol–water partition coefficient (Wildman–Crippen LogP) is 3.30. The van der Waals surface area contributed by atoms with E-state index in [-0.39, 0.29) is 12.2 Å². The number of aryl methyl sites for hydroxylation is 1. The molecule has 0 atom stereocenters. The molecule has 1 N–H and O–H groups in total. The van der Waals surface area contributed by atoms with Gasteiger partial charge in [-0.05, 0) is 25.6 Å². The van der Waals surface area contributed by atoms with Gasteiger partial charge >= 0.3 is 0 Å². The highest BCUT2D eigenvalue weighted by Gasteiger charge is 2.11. The van der Waals surface area contributed by atoms with Crippen LogP contribution in [-0.4, -0.2) is 7.05 Å². The van der Waals surface area contributed by atoms with E-state index in [2.05, 4.69) is 5.32 Å². The Hall–Kier alpha value is -2.38. The van der Waals surface area contributed by atoms with Crippen LogP contribution in [0.4, 0.5) is 4.39 Å². The first-order chi connectivity index (χ1) is 10.2. The highest BCUT2D eigenvalue weighted by Crippen LogP contribution is 2.25. The van der Waals surface area contributed by atoms with Gasteiger partial charge in [-0.1, -0.05) is 30.3 Å². The zero-order valence-electron chi connectivity index (χ0n) is 12.1. The van der Waals surface area contributed by atoms with Crippen molar-refractivity contribution < 1.29 is 9.13 Å². The summed E-state index contributed by atoms with van der Waals surface area (Å²) in [6.07, 6.45) is 0. The fraction of sp³-hybridized carbons (Fsp3) is 0.235. The van der Waals surface area contributed by atoms with Gasteiger partial charge in [0.1, 0.15) is 24.2 Å². The molecular weight excluding hydrogens is 267 g/mol. The predicted molar refractivity (Wildman–Crippen MR) is 79.4 cm³/mol. The van der Waals surface area contributed by atoms with Crippen LogP contribution >= 0.6 is 0 Å². The smallest absolute Gasteiger partial charge is 0.147 e. The molecule has 0 heterocycles. The van der Waals surface area contributed by atoms with Crippen LogP contribution in [0.5, 0.6) is 5.75 Å². The molecule has 0 aliphatic carbocycles. The lowest BCUT2D eigenvalue weighted by Crippen LogP contribution is -2.09. The van der Waals surface area contributed by atoms with Gasteiger partial charge in [-0.25, -0.2) is 4.39 Å². The number of hydrogen-bond donors (Lipinski definition) is 1. The molecule has 108 valence electrons. The van der Waals surface area contributed by atoms with Crippen LogP contribution in [0.2, 0.25) is 0 Å². The molecule has 0 saturated heterocycles. The van der Waals surface area contributed by atoms with Gasteiger partial charge in [-0.15, -0.1) is 0 Å². The van der Waals surface area contributed by atoms with Crippen LogP contribution in [0, 0.1) is 24.1 Å². The van der Waals surface area contributed by atoms with Crippen LogP contribution < -0.4 is 10.1 Å². The van der Waals surface area contributed by atoms with Gasteiger partial charge in [-0.3, -0.25) is 0 Å². The second kappa shape index (κ2) is 6.87. The maximum absolute atomic E-state index is 14.0. The SMILES string of the molecule is CNCc1cccc(C)c1OCc1cccc(C#N)c1F. The standard InChI is InChI=1S/C17H17FN2O/c1-12-5-3-7-14(10-20-2)17(12)21-11-15-8-4-6-13(9-19)16(15)18/h3-8,20H,10-11H2,1-2H3. The monoisotopic (exact) mass is 284 g/mol. The second-order valence-corrected chi connectivity index (χ2v) is 4.77. The van der Waals surface area contributed by atoms with E-state index in [4.69, 9.17) is 10.00 Å². The highest BCUT2D eigenvalue weighted by molar-refractivity contribution is 5.41. The molecule has 0 fully saturated rings. The van der Waals surface area contributed by atoms with Crippen LogP contribution in [-0.2, 0) is 13.2 Å². The first-order valence-corrected chi connectivity index (χ1v) is 6.70. The van der Waals surface area contributed by atoms with Gasteiger partial charge in [0.25, 0.3) is 0 Å². The van der Waals surface area contributed by atoms with E-state index in [1.807, 2.05) is 38.2 Å². The Labute approximate surface area is 124 Å². The lowest BCUT2D eigenvalue weighted by molar-refractivity contribution is 0.294. The van der Waals surface area contributed by atoms with Gasteiger partial charge in [0.05, 0.1) is 5.56 Å². The van der Waals surface area contributed by atoms with Crippen molar-refractivity contribution in [2.45, 2.75) is 20.1 Å². The number of nitriles is 1. The molecule has 21 heavy (non-hydrogen) atoms. The van der Waals surface area contributed by atoms with Crippen molar-refractivity contribution in [1.29, 1.82) is 5.26 Å². The van der Waals surface area contributed by atoms with Gasteiger partial charge in [0, 0.05) is 17.7 Å². The van der Waals surface area contributed by atoms with E-state index in [1.165, 1.54) is 6.07 Å². The third-order valence-electron chi connectivity index (χ3n) is 3.23. The number of para-hydroxylation sites is 1. The van der Waals surface area contributed by atoms with Crippen molar-refractivity contribution in [3.05, 3.63) is 64.5 Å². The molecule has 2 rings (SSSR count). The highest BCUT2D eigenvalue weighted by atomic mass is 19.1. The topological polar surface area (TPSA) is 45.0 Å². The average molecular weight is 284 g/mol. The Kier molecular flexibility index (Phi) is 4.91. The quantitative estimate of drug-likeness (QED) is 0.916. The Balaban J connectivity index is 2.23. The summed E-state index contributed by atoms with van der Waals surface area (Å²) in [5.74, 6) is 0.248. The van der Waals surface area contributed by atoms with Crippen molar-refractivity contribution >= 4 is 0 Å². The van der Waals surface area contributed by atoms with E-state index in [9.17, 15) is 4.39 Å². The number of nitrogens with one attached hydrogen (secondary N) is 1. The summed E-state index contributed by atoms with van der Waals surface area (Å²) in [5, 5.41) is 11.9. The van der Waals surface area contributed by atoms with E-state index in [0.29, 0.717) is 12.1 Å². The molecule has 0 aliphatic rings. The van der Waals surface area contributed by atoms with E-state index >= 15 is 0 Å². The van der Waals surface area contributed by atoms with Gasteiger partial charge in [-0.2, -0.15) is 5.26 Å². The van der Waals surface area contributed by atoms with Crippen LogP contribution in [0.15, 0.2) is 36.4 Å². The molecule has 0 aliphatic heterocycles. The van der Waals surface area contributed by atoms with E-state index in [1.54, 1.807) is 12.1 Å². The Morgan fingerprint density at radius 1 is 1.19 bits per heavy atom. The van der Waals surface area contributed by atoms with Crippen molar-refractivity contribution in [1.82, 2.24) is 5.32 Å². The summed E-state index contributed by atoms with van der Waals surface area (Å²) < 4.78 is 19.8. The molecule has 0 spiro atoms. The second-order valence-electron chi connectivity index (χ2n) is 4.77. The molecule has 4 heteroatoms. The summed E-state index contributed by atoms with van der Waals surface area (Å²) in [6, 6.07) is 12.5. The van der Waals surface area contributed by atoms with Crippen LogP contribution in [0.25, 0.3) is 0 Å². The fourth-order valence-corrected chi connectivity index (χ4v) is 2.18. The van der Waals surface area contributed by atoms with Crippen molar-refractivity contribution in [3.8, 4) is 11.8 Å². The summed E-state index contributed by atoms with van der Waals surface area (Å²) in [4.78, 5) is 0. The minimum atomic E-state index is -0.510. The molecule has 3 nitrogen and oxygen atoms in total. The third kappa shape index (κ3) is 3.39. The minimum Gasteiger partial charge on any atom is -0.488 e. The summed E-state index contributed by atoms with van der Waals surface area (Å²) in [5.41, 5.74) is 2.44. The van der Waals surface area contributed by atoms with Crippen molar-refractivity contribution in [2.24, 2.45) is 0 Å². The average Bonchev–Trinajstić information content (AvgIpc) is 2.48. The third-order valence-corrected chi connectivity index (χ3v) is 3.23. The number of ether oxygens (including phenoxy) is 1. The zero-order valence-corrected chi connectivity index (χ0v) is 12.1. The largest absolute Gasteiger partial charge is 0.488 e. The van der Waals surface area contributed by atoms with E-state index < -0.39 is 5.82 Å². The van der Waals surface area contributed by atoms with E-state index in [0.717, 1.165) is 16.9 Å². The minimum absolute atomic E-state index is 0.0383. The molecule has 0 unspecified atom stereocenters. The molecular formula is C17H17FN2O. The maximum Gasteiger partial charge on any atom is 0.147 e. The molecule has 0 aromatic heterocycles. The first kappa shape index (κ1) is 15.0. The van der Waals surface area contributed by atoms with Gasteiger partial charge in [0.2, 0.25) is 0 Å². The molecule has 0 saturated carbocycles. The lowest BCUT2D eigenvalue weighted by Gasteiger charge is -2.14. The Bertz CT molecular complexity index is 677. The summed E-state index contributed by atoms with van der Waals surface area (Å²) in [6.45, 7) is 2.73. The van der Waals surface area contributed by atoms with Crippen LogP contribution in [0.1, 0.15) is 22.3 Å². The number of nitrogens with zero attached hydrogens (tertiary/aromatic N) is 1. The molecule has 0 bridgehead atoms. The zero-order chi connectivity index (χ0) is 15.2. The molecule has 2 aromatic rings. The molecule has 2 aromatic carbocycles. The van der Waals surface area contributed by atoms with Crippen LogP contribution in [0.3, 0.4) is 0 Å². The number of benzene rings is 2. The first-order valence-electron chi connectivity index (χ1n) is 6.70.